The second kappa shape index (κ2) is 7.18. The number of rotatable bonds is 6. The van der Waals surface area contributed by atoms with Crippen LogP contribution in [-0.2, 0) is 0 Å². The minimum absolute atomic E-state index is 0.132. The summed E-state index contributed by atoms with van der Waals surface area (Å²) in [5, 5.41) is 14.2. The average molecular weight is 333 g/mol. The minimum Gasteiger partial charge on any atom is -0.349 e. The maximum absolute atomic E-state index is 13.1. The molecule has 1 aromatic carbocycles. The van der Waals surface area contributed by atoms with E-state index in [1.807, 2.05) is 0 Å². The number of alkyl halides is 1. The lowest BCUT2D eigenvalue weighted by molar-refractivity contribution is -0.385. The maximum atomic E-state index is 13.1. The number of nitro benzene ring substituents is 1. The molecule has 104 valence electrons. The van der Waals surface area contributed by atoms with Crippen LogP contribution in [0.4, 0.5) is 10.1 Å². The number of carbonyl (C=O) groups is 1. The first-order valence-corrected chi connectivity index (χ1v) is 6.88. The Morgan fingerprint density at radius 3 is 2.84 bits per heavy atom. The summed E-state index contributed by atoms with van der Waals surface area (Å²) in [6.07, 6.45) is 1.60. The monoisotopic (exact) mass is 332 g/mol. The van der Waals surface area contributed by atoms with Crippen molar-refractivity contribution in [3.8, 4) is 0 Å². The number of nitrogens with one attached hydrogen (secondary N) is 1. The van der Waals surface area contributed by atoms with Gasteiger partial charge in [0.1, 0.15) is 11.4 Å². The van der Waals surface area contributed by atoms with Crippen molar-refractivity contribution in [3.63, 3.8) is 0 Å². The zero-order valence-corrected chi connectivity index (χ0v) is 11.9. The molecule has 0 aliphatic rings. The summed E-state index contributed by atoms with van der Waals surface area (Å²) in [6.45, 7) is 1.80. The highest BCUT2D eigenvalue weighted by Crippen LogP contribution is 2.19. The molecule has 19 heavy (non-hydrogen) atoms. The molecule has 0 fully saturated rings. The molecule has 1 amide bonds. The molecule has 0 aliphatic heterocycles. The quantitative estimate of drug-likeness (QED) is 0.494. The van der Waals surface area contributed by atoms with Gasteiger partial charge >= 0.3 is 0 Å². The largest absolute Gasteiger partial charge is 0.349 e. The Kier molecular flexibility index (Phi) is 5.88. The van der Waals surface area contributed by atoms with Gasteiger partial charge in [0, 0.05) is 17.4 Å². The van der Waals surface area contributed by atoms with Gasteiger partial charge in [0.2, 0.25) is 0 Å². The summed E-state index contributed by atoms with van der Waals surface area (Å²) in [6, 6.07) is 2.70. The molecule has 0 heterocycles. The lowest BCUT2D eigenvalue weighted by Crippen LogP contribution is -2.33. The van der Waals surface area contributed by atoms with Crippen LogP contribution in [0.2, 0.25) is 0 Å². The molecule has 0 aliphatic carbocycles. The smallest absolute Gasteiger partial charge is 0.282 e. The third-order valence-electron chi connectivity index (χ3n) is 2.55. The van der Waals surface area contributed by atoms with E-state index >= 15 is 0 Å². The van der Waals surface area contributed by atoms with Crippen LogP contribution in [0.5, 0.6) is 0 Å². The van der Waals surface area contributed by atoms with E-state index in [9.17, 15) is 19.3 Å². The fraction of sp³-hybridized carbons (Fsp3) is 0.417. The van der Waals surface area contributed by atoms with Crippen LogP contribution in [0, 0.1) is 15.9 Å². The van der Waals surface area contributed by atoms with Gasteiger partial charge in [-0.2, -0.15) is 0 Å². The van der Waals surface area contributed by atoms with Crippen molar-refractivity contribution in [1.29, 1.82) is 0 Å². The van der Waals surface area contributed by atoms with Gasteiger partial charge in [-0.25, -0.2) is 4.39 Å². The summed E-state index contributed by atoms with van der Waals surface area (Å²) in [5.41, 5.74) is -0.651. The first kappa shape index (κ1) is 15.6. The highest BCUT2D eigenvalue weighted by molar-refractivity contribution is 9.09. The molecule has 1 aromatic rings. The summed E-state index contributed by atoms with van der Waals surface area (Å²) in [7, 11) is 0. The number of halogens is 2. The van der Waals surface area contributed by atoms with Crippen molar-refractivity contribution in [2.24, 2.45) is 0 Å². The molecular formula is C12H14BrFN2O3. The highest BCUT2D eigenvalue weighted by atomic mass is 79.9. The summed E-state index contributed by atoms with van der Waals surface area (Å²) >= 11 is 3.28. The van der Waals surface area contributed by atoms with Crippen LogP contribution < -0.4 is 5.32 Å². The molecule has 0 aromatic heterocycles. The van der Waals surface area contributed by atoms with Crippen LogP contribution in [0.25, 0.3) is 0 Å². The molecule has 1 rings (SSSR count). The summed E-state index contributed by atoms with van der Waals surface area (Å²) < 4.78 is 13.1. The number of hydrogen-bond donors (Lipinski definition) is 1. The fourth-order valence-corrected chi connectivity index (χ4v) is 1.93. The van der Waals surface area contributed by atoms with Gasteiger partial charge in [-0.15, -0.1) is 0 Å². The molecular weight excluding hydrogens is 319 g/mol. The van der Waals surface area contributed by atoms with Crippen molar-refractivity contribution in [2.75, 3.05) is 5.33 Å². The molecule has 0 radical (unpaired) electrons. The molecule has 0 saturated carbocycles. The normalized spacial score (nSPS) is 11.9. The predicted molar refractivity (Wildman–Crippen MR) is 73.0 cm³/mol. The van der Waals surface area contributed by atoms with Crippen molar-refractivity contribution in [1.82, 2.24) is 5.32 Å². The Hall–Kier alpha value is -1.50. The first-order valence-electron chi connectivity index (χ1n) is 5.76. The summed E-state index contributed by atoms with van der Waals surface area (Å²) in [5.74, 6) is -1.31. The third-order valence-corrected chi connectivity index (χ3v) is 3.11. The number of hydrogen-bond acceptors (Lipinski definition) is 3. The van der Waals surface area contributed by atoms with Gasteiger partial charge in [0.15, 0.2) is 0 Å². The zero-order valence-electron chi connectivity index (χ0n) is 10.4. The Morgan fingerprint density at radius 2 is 2.26 bits per heavy atom. The molecule has 0 bridgehead atoms. The maximum Gasteiger partial charge on any atom is 0.282 e. The SMILES string of the molecule is CC(CCCBr)NC(=O)c1cc(F)ccc1[N+](=O)[O-]. The average Bonchev–Trinajstić information content (AvgIpc) is 2.35. The van der Waals surface area contributed by atoms with Crippen LogP contribution in [0.15, 0.2) is 18.2 Å². The number of nitrogens with zero attached hydrogens (tertiary/aromatic N) is 1. The lowest BCUT2D eigenvalue weighted by Gasteiger charge is -2.13. The van der Waals surface area contributed by atoms with Gasteiger partial charge in [-0.1, -0.05) is 15.9 Å². The van der Waals surface area contributed by atoms with E-state index in [0.717, 1.165) is 36.4 Å². The first-order chi connectivity index (χ1) is 8.95. The third kappa shape index (κ3) is 4.59. The van der Waals surface area contributed by atoms with Gasteiger partial charge in [-0.05, 0) is 31.9 Å². The molecule has 1 unspecified atom stereocenters. The van der Waals surface area contributed by atoms with Gasteiger partial charge in [-0.3, -0.25) is 14.9 Å². The van der Waals surface area contributed by atoms with Crippen molar-refractivity contribution in [3.05, 3.63) is 39.7 Å². The van der Waals surface area contributed by atoms with Crippen molar-refractivity contribution in [2.45, 2.75) is 25.8 Å². The van der Waals surface area contributed by atoms with Crippen LogP contribution >= 0.6 is 15.9 Å². The van der Waals surface area contributed by atoms with Gasteiger partial charge in [0.05, 0.1) is 4.92 Å². The molecule has 7 heteroatoms. The van der Waals surface area contributed by atoms with Crippen LogP contribution in [0.1, 0.15) is 30.1 Å². The minimum atomic E-state index is -0.697. The Labute approximate surface area is 118 Å². The van der Waals surface area contributed by atoms with E-state index in [0.29, 0.717) is 0 Å². The number of amides is 1. The van der Waals surface area contributed by atoms with E-state index in [1.165, 1.54) is 0 Å². The molecule has 1 atom stereocenters. The van der Waals surface area contributed by atoms with Crippen molar-refractivity contribution >= 4 is 27.5 Å². The number of carbonyl (C=O) groups excluding carboxylic acids is 1. The second-order valence-corrected chi connectivity index (χ2v) is 4.92. The summed E-state index contributed by atoms with van der Waals surface area (Å²) in [4.78, 5) is 22.0. The lowest BCUT2D eigenvalue weighted by atomic mass is 10.1. The van der Waals surface area contributed by atoms with E-state index in [-0.39, 0.29) is 11.6 Å². The predicted octanol–water partition coefficient (Wildman–Crippen LogP) is 3.03. The molecule has 1 N–H and O–H groups in total. The Balaban J connectivity index is 2.86. The van der Waals surface area contributed by atoms with E-state index in [4.69, 9.17) is 0 Å². The topological polar surface area (TPSA) is 72.2 Å². The Morgan fingerprint density at radius 1 is 1.58 bits per heavy atom. The van der Waals surface area contributed by atoms with Crippen LogP contribution in [0.3, 0.4) is 0 Å². The van der Waals surface area contributed by atoms with E-state index in [1.54, 1.807) is 6.92 Å². The number of benzene rings is 1. The Bertz CT molecular complexity index is 482. The standard InChI is InChI=1S/C12H14BrFN2O3/c1-8(3-2-6-13)15-12(17)10-7-9(14)4-5-11(10)16(18)19/h4-5,7-8H,2-3,6H2,1H3,(H,15,17). The number of nitro groups is 1. The molecule has 5 nitrogen and oxygen atoms in total. The van der Waals surface area contributed by atoms with E-state index < -0.39 is 22.3 Å². The van der Waals surface area contributed by atoms with Gasteiger partial charge < -0.3 is 5.32 Å². The van der Waals surface area contributed by atoms with Crippen molar-refractivity contribution < 1.29 is 14.1 Å². The fourth-order valence-electron chi connectivity index (χ4n) is 1.61. The van der Waals surface area contributed by atoms with E-state index in [2.05, 4.69) is 21.2 Å². The highest BCUT2D eigenvalue weighted by Gasteiger charge is 2.21. The zero-order chi connectivity index (χ0) is 14.4. The molecule has 0 saturated heterocycles. The van der Waals surface area contributed by atoms with Gasteiger partial charge in [0.25, 0.3) is 11.6 Å². The van der Waals surface area contributed by atoms with Crippen LogP contribution in [-0.4, -0.2) is 22.2 Å². The second-order valence-electron chi connectivity index (χ2n) is 4.12. The molecule has 0 spiro atoms.